The maximum Gasteiger partial charge on any atom is 0.169 e. The number of halogens is 8. The van der Waals surface area contributed by atoms with Crippen LogP contribution in [0, 0.1) is 46.5 Å². The molecule has 0 aliphatic carbocycles. The van der Waals surface area contributed by atoms with Crippen molar-refractivity contribution in [2.24, 2.45) is 0 Å². The van der Waals surface area contributed by atoms with E-state index < -0.39 is 52.7 Å². The highest BCUT2D eigenvalue weighted by Crippen LogP contribution is 2.16. The molecule has 1 nitrogen and oxygen atoms in total. The number of rotatable bonds is 6. The summed E-state index contributed by atoms with van der Waals surface area (Å²) in [6.07, 6.45) is -3.29. The second-order valence-electron chi connectivity index (χ2n) is 9.82. The topological polar surface area (TPSA) is 22.9 Å². The van der Waals surface area contributed by atoms with E-state index in [2.05, 4.69) is 6.58 Å². The summed E-state index contributed by atoms with van der Waals surface area (Å²) < 4.78 is 114. The van der Waals surface area contributed by atoms with Crippen LogP contribution in [0.2, 0.25) is 0 Å². The highest BCUT2D eigenvalue weighted by molar-refractivity contribution is 7.19. The van der Waals surface area contributed by atoms with Crippen LogP contribution in [-0.2, 0) is 0 Å². The largest absolute Gasteiger partial charge is 0.442 e. The summed E-state index contributed by atoms with van der Waals surface area (Å²) in [7, 11) is 0. The van der Waals surface area contributed by atoms with E-state index >= 15 is 0 Å². The molecule has 0 heterocycles. The van der Waals surface area contributed by atoms with Crippen LogP contribution in [0.4, 0.5) is 35.1 Å². The van der Waals surface area contributed by atoms with E-state index in [4.69, 9.17) is 5.11 Å². The minimum absolute atomic E-state index is 0.282. The molecule has 0 spiro atoms. The van der Waals surface area contributed by atoms with Crippen LogP contribution < -0.4 is 21.9 Å². The monoisotopic (exact) mass is 598 g/mol. The van der Waals surface area contributed by atoms with Gasteiger partial charge in [-0.2, -0.15) is 21.9 Å². The van der Waals surface area contributed by atoms with Gasteiger partial charge in [0.25, 0.3) is 0 Å². The summed E-state index contributed by atoms with van der Waals surface area (Å²) in [5.41, 5.74) is 0.526. The highest BCUT2D eigenvalue weighted by atomic mass is 19.2. The van der Waals surface area contributed by atoms with Crippen LogP contribution in [0.3, 0.4) is 0 Å². The van der Waals surface area contributed by atoms with Gasteiger partial charge >= 0.3 is 0 Å². The Labute approximate surface area is 242 Å². The Morgan fingerprint density at radius 2 is 0.721 bits per heavy atom. The quantitative estimate of drug-likeness (QED) is 0.138. The summed E-state index contributed by atoms with van der Waals surface area (Å²) in [5.74, 6) is -8.99. The smallest absolute Gasteiger partial charge is 0.169 e. The summed E-state index contributed by atoms with van der Waals surface area (Å²) in [5, 5.41) is 7.05. The zero-order valence-corrected chi connectivity index (χ0v) is 22.3. The maximum absolute atomic E-state index is 14.3. The lowest BCUT2D eigenvalue weighted by Crippen LogP contribution is -2.75. The van der Waals surface area contributed by atoms with Crippen LogP contribution in [0.5, 0.6) is 0 Å². The molecule has 0 amide bonds. The Hall–Kier alpha value is -4.70. The second-order valence-corrected chi connectivity index (χ2v) is 9.82. The molecule has 0 bridgehead atoms. The van der Waals surface area contributed by atoms with Gasteiger partial charge in [-0.25, -0.2) is 35.1 Å². The average molecular weight is 598 g/mol. The van der Waals surface area contributed by atoms with E-state index in [0.717, 1.165) is 59.7 Å². The Morgan fingerprint density at radius 3 is 0.953 bits per heavy atom. The van der Waals surface area contributed by atoms with Crippen LogP contribution in [-0.4, -0.2) is 17.9 Å². The van der Waals surface area contributed by atoms with Crippen LogP contribution in [0.25, 0.3) is 5.57 Å². The van der Waals surface area contributed by atoms with Crippen LogP contribution in [0.15, 0.2) is 110 Å². The molecule has 5 rings (SSSR count). The first kappa shape index (κ1) is 31.2. The molecule has 220 valence electrons. The van der Waals surface area contributed by atoms with E-state index in [0.29, 0.717) is 24.3 Å². The van der Waals surface area contributed by atoms with Crippen molar-refractivity contribution >= 4 is 33.6 Å². The molecule has 5 aromatic carbocycles. The fourth-order valence-corrected chi connectivity index (χ4v) is 5.23. The molecular formula is C33H23BF8O. The molecule has 0 aliphatic heterocycles. The molecule has 0 radical (unpaired) electrons. The van der Waals surface area contributed by atoms with Crippen molar-refractivity contribution in [3.05, 3.63) is 162 Å². The lowest BCUT2D eigenvalue weighted by Gasteiger charge is -2.44. The fourth-order valence-electron chi connectivity index (χ4n) is 5.23. The summed E-state index contributed by atoms with van der Waals surface area (Å²) in [4.78, 5) is 0. The number of benzene rings is 5. The van der Waals surface area contributed by atoms with E-state index in [1.807, 2.05) is 30.3 Å². The van der Waals surface area contributed by atoms with Gasteiger partial charge in [0.05, 0.1) is 0 Å². The Morgan fingerprint density at radius 1 is 0.465 bits per heavy atom. The lowest BCUT2D eigenvalue weighted by molar-refractivity contribution is 0.350. The average Bonchev–Trinajstić information content (AvgIpc) is 2.92. The van der Waals surface area contributed by atoms with Gasteiger partial charge < -0.3 is 5.11 Å². The Bertz CT molecular complexity index is 1480. The summed E-state index contributed by atoms with van der Waals surface area (Å²) in [6, 6.07) is 18.0. The van der Waals surface area contributed by atoms with Gasteiger partial charge in [0.15, 0.2) is 6.61 Å². The van der Waals surface area contributed by atoms with Crippen LogP contribution >= 0.6 is 0 Å². The predicted octanol–water partition coefficient (Wildman–Crippen LogP) is 5.60. The molecule has 0 aromatic heterocycles. The first-order valence-electron chi connectivity index (χ1n) is 12.8. The second kappa shape index (κ2) is 13.1. The molecule has 0 fully saturated rings. The van der Waals surface area contributed by atoms with Crippen molar-refractivity contribution in [3.63, 3.8) is 0 Å². The van der Waals surface area contributed by atoms with Gasteiger partial charge in [-0.1, -0.05) is 85.4 Å². The van der Waals surface area contributed by atoms with Gasteiger partial charge in [0.2, 0.25) is 0 Å². The molecular weight excluding hydrogens is 575 g/mol. The third-order valence-electron chi connectivity index (χ3n) is 6.93. The van der Waals surface area contributed by atoms with Gasteiger partial charge in [-0.3, -0.25) is 0 Å². The molecule has 2 N–H and O–H groups in total. The van der Waals surface area contributed by atoms with E-state index in [-0.39, 0.29) is 28.5 Å². The number of hydrogen-bond acceptors (Lipinski definition) is 0. The molecule has 0 saturated heterocycles. The third-order valence-corrected chi connectivity index (χ3v) is 6.93. The zero-order valence-electron chi connectivity index (χ0n) is 22.3. The molecule has 0 aliphatic rings. The van der Waals surface area contributed by atoms with Gasteiger partial charge in [-0.05, 0) is 5.56 Å². The zero-order chi connectivity index (χ0) is 31.3. The van der Waals surface area contributed by atoms with Gasteiger partial charge in [0, 0.05) is 29.8 Å². The molecule has 0 atom stereocenters. The molecule has 5 aromatic rings. The summed E-state index contributed by atoms with van der Waals surface area (Å²) >= 11 is 0. The van der Waals surface area contributed by atoms with Crippen molar-refractivity contribution < 1.29 is 40.2 Å². The normalized spacial score (nSPS) is 11.1. The fraction of sp³-hybridized carbons (Fsp3) is 0.0303. The molecule has 43 heavy (non-hydrogen) atoms. The predicted molar refractivity (Wildman–Crippen MR) is 154 cm³/mol. The number of hydrogen-bond donors (Lipinski definition) is 0. The van der Waals surface area contributed by atoms with E-state index in [1.54, 1.807) is 0 Å². The third kappa shape index (κ3) is 7.03. The Balaban J connectivity index is 0.000000359. The molecule has 0 unspecified atom stereocenters. The summed E-state index contributed by atoms with van der Waals surface area (Å²) in [6.45, 7) is 4.04. The van der Waals surface area contributed by atoms with Crippen molar-refractivity contribution in [1.82, 2.24) is 0 Å². The van der Waals surface area contributed by atoms with Crippen LogP contribution in [0.1, 0.15) is 5.56 Å². The highest BCUT2D eigenvalue weighted by Gasteiger charge is 2.35. The van der Waals surface area contributed by atoms with Crippen molar-refractivity contribution in [2.75, 3.05) is 6.61 Å². The standard InChI is InChI=1S/C24H12BF8.C9H10O/c26-17-1-13(2-18(27)9-17)25(14-3-19(28)10-20(29)4-14,15-5-21(30)11-22(31)6-15)16-7-23(32)12-24(33)8-16;1-8(7-10)9-5-3-2-4-6-9/h1-12H;2-6,10H,1,7H2/q-1;/p+1. The van der Waals surface area contributed by atoms with E-state index in [1.165, 1.54) is 0 Å². The van der Waals surface area contributed by atoms with Crippen molar-refractivity contribution in [2.45, 2.75) is 0 Å². The SMILES string of the molecule is C=C(C[OH2+])c1ccccc1.Fc1cc(F)cc([B-](c2cc(F)cc(F)c2)(c2cc(F)cc(F)c2)c2cc(F)cc(F)c2)c1. The van der Waals surface area contributed by atoms with Crippen molar-refractivity contribution in [1.29, 1.82) is 0 Å². The minimum atomic E-state index is -3.29. The first-order chi connectivity index (χ1) is 20.4. The Kier molecular flexibility index (Phi) is 9.51. The van der Waals surface area contributed by atoms with Crippen molar-refractivity contribution in [3.8, 4) is 0 Å². The van der Waals surface area contributed by atoms with E-state index in [9.17, 15) is 35.1 Å². The van der Waals surface area contributed by atoms with Gasteiger partial charge in [-0.15, -0.1) is 0 Å². The maximum atomic E-state index is 14.3. The minimum Gasteiger partial charge on any atom is -0.442 e. The first-order valence-corrected chi connectivity index (χ1v) is 12.8. The molecule has 10 heteroatoms. The lowest BCUT2D eigenvalue weighted by atomic mass is 9.13. The molecule has 0 saturated carbocycles. The van der Waals surface area contributed by atoms with Gasteiger partial charge in [0.1, 0.15) is 52.7 Å².